The van der Waals surface area contributed by atoms with Crippen LogP contribution in [0.1, 0.15) is 16.1 Å². The average molecular weight is 373 g/mol. The van der Waals surface area contributed by atoms with Crippen LogP contribution in [0.15, 0.2) is 29.6 Å². The average Bonchev–Trinajstić information content (AvgIpc) is 3.01. The van der Waals surface area contributed by atoms with Gasteiger partial charge in [-0.25, -0.2) is 4.98 Å². The van der Waals surface area contributed by atoms with Crippen molar-refractivity contribution in [2.75, 3.05) is 26.0 Å². The Kier molecular flexibility index (Phi) is 5.62. The fourth-order valence-electron chi connectivity index (χ4n) is 1.63. The third kappa shape index (κ3) is 5.18. The summed E-state index contributed by atoms with van der Waals surface area (Å²) >= 11 is 0.677. The predicted molar refractivity (Wildman–Crippen MR) is 85.7 cm³/mol. The number of carbonyl (C=O) groups is 2. The predicted octanol–water partition coefficient (Wildman–Crippen LogP) is 2.88. The largest absolute Gasteiger partial charge is 0.484 e. The molecule has 2 aromatic rings. The molecule has 0 bridgehead atoms. The molecule has 0 aliphatic carbocycles. The number of halogens is 3. The molecule has 0 aliphatic rings. The van der Waals surface area contributed by atoms with Gasteiger partial charge in [-0.1, -0.05) is 6.07 Å². The summed E-state index contributed by atoms with van der Waals surface area (Å²) in [5, 5.41) is 2.96. The first-order valence-electron chi connectivity index (χ1n) is 6.94. The van der Waals surface area contributed by atoms with E-state index in [-0.39, 0.29) is 29.0 Å². The van der Waals surface area contributed by atoms with Gasteiger partial charge in [0.05, 0.1) is 0 Å². The lowest BCUT2D eigenvalue weighted by Gasteiger charge is -2.11. The maximum absolute atomic E-state index is 12.5. The molecule has 25 heavy (non-hydrogen) atoms. The zero-order valence-corrected chi connectivity index (χ0v) is 14.1. The second kappa shape index (κ2) is 7.51. The first kappa shape index (κ1) is 18.7. The van der Waals surface area contributed by atoms with Gasteiger partial charge in [-0.05, 0) is 18.2 Å². The van der Waals surface area contributed by atoms with Gasteiger partial charge in [-0.15, -0.1) is 11.3 Å². The minimum absolute atomic E-state index is 0.161. The Bertz CT molecular complexity index is 775. The number of hydrogen-bond acceptors (Lipinski definition) is 5. The molecule has 1 aromatic carbocycles. The van der Waals surface area contributed by atoms with E-state index >= 15 is 0 Å². The summed E-state index contributed by atoms with van der Waals surface area (Å²) < 4.78 is 42.8. The maximum Gasteiger partial charge on any atom is 0.434 e. The van der Waals surface area contributed by atoms with E-state index in [9.17, 15) is 22.8 Å². The van der Waals surface area contributed by atoms with Crippen LogP contribution in [0.25, 0.3) is 0 Å². The summed E-state index contributed by atoms with van der Waals surface area (Å²) in [6.07, 6.45) is -4.56. The molecule has 0 saturated carbocycles. The van der Waals surface area contributed by atoms with E-state index in [1.807, 2.05) is 0 Å². The fraction of sp³-hybridized carbons (Fsp3) is 0.267. The van der Waals surface area contributed by atoms with Crippen molar-refractivity contribution in [3.05, 3.63) is 40.9 Å². The topological polar surface area (TPSA) is 71.5 Å². The second-order valence-electron chi connectivity index (χ2n) is 5.09. The minimum atomic E-state index is -4.56. The first-order chi connectivity index (χ1) is 11.7. The Morgan fingerprint density at radius 3 is 2.64 bits per heavy atom. The summed E-state index contributed by atoms with van der Waals surface area (Å²) in [5.41, 5.74) is -0.898. The number of thiazole rings is 1. The number of hydrogen-bond donors (Lipinski definition) is 1. The summed E-state index contributed by atoms with van der Waals surface area (Å²) in [6.45, 7) is -0.195. The number of amides is 2. The smallest absolute Gasteiger partial charge is 0.434 e. The number of rotatable bonds is 5. The van der Waals surface area contributed by atoms with Crippen LogP contribution in [0.5, 0.6) is 5.75 Å². The van der Waals surface area contributed by atoms with Crippen LogP contribution in [0.3, 0.4) is 0 Å². The van der Waals surface area contributed by atoms with Crippen molar-refractivity contribution in [2.24, 2.45) is 0 Å². The molecule has 2 amide bonds. The van der Waals surface area contributed by atoms with Gasteiger partial charge in [0, 0.05) is 25.0 Å². The Hall–Kier alpha value is -2.62. The summed E-state index contributed by atoms with van der Waals surface area (Å²) in [7, 11) is 3.16. The molecule has 0 unspecified atom stereocenters. The molecule has 134 valence electrons. The van der Waals surface area contributed by atoms with Gasteiger partial charge in [0.2, 0.25) is 0 Å². The van der Waals surface area contributed by atoms with Crippen LogP contribution in [0, 0.1) is 0 Å². The van der Waals surface area contributed by atoms with Crippen molar-refractivity contribution in [1.29, 1.82) is 0 Å². The van der Waals surface area contributed by atoms with E-state index in [2.05, 4.69) is 10.3 Å². The van der Waals surface area contributed by atoms with Gasteiger partial charge >= 0.3 is 6.18 Å². The molecule has 0 spiro atoms. The van der Waals surface area contributed by atoms with E-state index in [1.54, 1.807) is 20.2 Å². The van der Waals surface area contributed by atoms with Crippen molar-refractivity contribution in [1.82, 2.24) is 9.88 Å². The van der Waals surface area contributed by atoms with Crippen LogP contribution in [0.2, 0.25) is 0 Å². The van der Waals surface area contributed by atoms with Gasteiger partial charge in [0.25, 0.3) is 11.8 Å². The standard InChI is InChI=1S/C15H14F3N3O3S/c1-21(2)12(22)7-24-10-5-3-4-9(6-10)13(23)20-14-19-11(8-25-14)15(16,17)18/h3-6,8H,7H2,1-2H3,(H,19,20,23). The number of benzene rings is 1. The fourth-order valence-corrected chi connectivity index (χ4v) is 2.34. The Morgan fingerprint density at radius 1 is 1.32 bits per heavy atom. The molecule has 2 rings (SSSR count). The third-order valence-electron chi connectivity index (χ3n) is 2.97. The number of carbonyl (C=O) groups excluding carboxylic acids is 2. The first-order valence-corrected chi connectivity index (χ1v) is 7.82. The van der Waals surface area contributed by atoms with E-state index < -0.39 is 17.8 Å². The molecular formula is C15H14F3N3O3S. The molecule has 0 atom stereocenters. The lowest BCUT2D eigenvalue weighted by atomic mass is 10.2. The highest BCUT2D eigenvalue weighted by Crippen LogP contribution is 2.31. The second-order valence-corrected chi connectivity index (χ2v) is 5.95. The minimum Gasteiger partial charge on any atom is -0.484 e. The van der Waals surface area contributed by atoms with E-state index in [4.69, 9.17) is 4.74 Å². The SMILES string of the molecule is CN(C)C(=O)COc1cccc(C(=O)Nc2nc(C(F)(F)F)cs2)c1. The lowest BCUT2D eigenvalue weighted by molar-refractivity contribution is -0.140. The number of anilines is 1. The number of nitrogens with zero attached hydrogens (tertiary/aromatic N) is 2. The molecule has 1 N–H and O–H groups in total. The Labute approximate surface area is 145 Å². The normalized spacial score (nSPS) is 11.1. The summed E-state index contributed by atoms with van der Waals surface area (Å²) in [5.74, 6) is -0.595. The highest BCUT2D eigenvalue weighted by atomic mass is 32.1. The number of alkyl halides is 3. The van der Waals surface area contributed by atoms with Crippen molar-refractivity contribution < 1.29 is 27.5 Å². The molecule has 1 heterocycles. The molecular weight excluding hydrogens is 359 g/mol. The number of aromatic nitrogens is 1. The van der Waals surface area contributed by atoms with Gasteiger partial charge < -0.3 is 9.64 Å². The third-order valence-corrected chi connectivity index (χ3v) is 3.73. The van der Waals surface area contributed by atoms with E-state index in [1.165, 1.54) is 23.1 Å². The zero-order chi connectivity index (χ0) is 18.6. The highest BCUT2D eigenvalue weighted by Gasteiger charge is 2.33. The molecule has 0 saturated heterocycles. The molecule has 1 aromatic heterocycles. The number of likely N-dealkylation sites (N-methyl/N-ethyl adjacent to an activating group) is 1. The summed E-state index contributed by atoms with van der Waals surface area (Å²) in [4.78, 5) is 28.3. The molecule has 0 fully saturated rings. The molecule has 0 aliphatic heterocycles. The Morgan fingerprint density at radius 2 is 2.04 bits per heavy atom. The zero-order valence-electron chi connectivity index (χ0n) is 13.3. The van der Waals surface area contributed by atoms with Crippen LogP contribution < -0.4 is 10.1 Å². The monoisotopic (exact) mass is 373 g/mol. The maximum atomic E-state index is 12.5. The molecule has 6 nitrogen and oxygen atoms in total. The van der Waals surface area contributed by atoms with Crippen molar-refractivity contribution in [2.45, 2.75) is 6.18 Å². The van der Waals surface area contributed by atoms with Gasteiger partial charge in [-0.2, -0.15) is 13.2 Å². The van der Waals surface area contributed by atoms with Crippen molar-refractivity contribution in [3.63, 3.8) is 0 Å². The van der Waals surface area contributed by atoms with E-state index in [0.29, 0.717) is 11.3 Å². The lowest BCUT2D eigenvalue weighted by Crippen LogP contribution is -2.27. The van der Waals surface area contributed by atoms with Crippen molar-refractivity contribution >= 4 is 28.3 Å². The molecule has 0 radical (unpaired) electrons. The number of nitrogens with one attached hydrogen (secondary N) is 1. The van der Waals surface area contributed by atoms with Gasteiger partial charge in [0.1, 0.15) is 5.75 Å². The van der Waals surface area contributed by atoms with Crippen LogP contribution in [0.4, 0.5) is 18.3 Å². The highest BCUT2D eigenvalue weighted by molar-refractivity contribution is 7.14. The quantitative estimate of drug-likeness (QED) is 0.875. The van der Waals surface area contributed by atoms with Crippen molar-refractivity contribution in [3.8, 4) is 5.75 Å². The van der Waals surface area contributed by atoms with Gasteiger partial charge in [0.15, 0.2) is 17.4 Å². The van der Waals surface area contributed by atoms with Crippen LogP contribution >= 0.6 is 11.3 Å². The van der Waals surface area contributed by atoms with Crippen LogP contribution in [-0.2, 0) is 11.0 Å². The number of ether oxygens (including phenoxy) is 1. The van der Waals surface area contributed by atoms with Crippen LogP contribution in [-0.4, -0.2) is 42.4 Å². The van der Waals surface area contributed by atoms with E-state index in [0.717, 1.165) is 5.38 Å². The van der Waals surface area contributed by atoms with Gasteiger partial charge in [-0.3, -0.25) is 14.9 Å². The molecule has 10 heteroatoms. The Balaban J connectivity index is 2.03. The summed E-state index contributed by atoms with van der Waals surface area (Å²) in [6, 6.07) is 5.95.